The predicted molar refractivity (Wildman–Crippen MR) is 74.6 cm³/mol. The fourth-order valence-electron chi connectivity index (χ4n) is 1.80. The molecule has 0 radical (unpaired) electrons. The molecule has 1 N–H and O–H groups in total. The van der Waals surface area contributed by atoms with Crippen molar-refractivity contribution in [3.05, 3.63) is 18.3 Å². The lowest BCUT2D eigenvalue weighted by Crippen LogP contribution is -2.27. The van der Waals surface area contributed by atoms with Gasteiger partial charge in [-0.25, -0.2) is 4.98 Å². The molecule has 1 fully saturated rings. The van der Waals surface area contributed by atoms with Crippen molar-refractivity contribution in [2.75, 3.05) is 23.3 Å². The summed E-state index contributed by atoms with van der Waals surface area (Å²) in [5.74, 6) is 0.211. The normalized spacial score (nSPS) is 15.8. The second kappa shape index (κ2) is 5.51. The Morgan fingerprint density at radius 1 is 1.28 bits per heavy atom. The molecule has 0 aliphatic carbocycles. The summed E-state index contributed by atoms with van der Waals surface area (Å²) in [5, 5.41) is 2.48. The van der Waals surface area contributed by atoms with Crippen LogP contribution in [0.25, 0.3) is 0 Å². The number of nitrogens with zero attached hydrogens (tertiary/aromatic N) is 2. The molecule has 18 heavy (non-hydrogen) atoms. The molecule has 0 bridgehead atoms. The molecule has 4 nitrogen and oxygen atoms in total. The third-order valence-corrected chi connectivity index (χ3v) is 3.21. The van der Waals surface area contributed by atoms with Crippen molar-refractivity contribution in [3.63, 3.8) is 0 Å². The number of hydrogen-bond donors (Lipinski definition) is 1. The molecular formula is C11H12Cl3N3O. The molecule has 0 unspecified atom stereocenters. The first kappa shape index (κ1) is 13.7. The van der Waals surface area contributed by atoms with Crippen LogP contribution in [-0.2, 0) is 4.79 Å². The third kappa shape index (κ3) is 3.40. The number of carbonyl (C=O) groups is 1. The largest absolute Gasteiger partial charge is 0.357 e. The van der Waals surface area contributed by atoms with Crippen LogP contribution in [0.2, 0.25) is 0 Å². The second-order valence-electron chi connectivity index (χ2n) is 4.05. The van der Waals surface area contributed by atoms with Crippen molar-refractivity contribution in [2.45, 2.75) is 16.6 Å². The number of amides is 1. The molecule has 7 heteroatoms. The zero-order chi connectivity index (χ0) is 13.2. The average molecular weight is 309 g/mol. The van der Waals surface area contributed by atoms with Gasteiger partial charge in [0.2, 0.25) is 0 Å². The molecule has 0 spiro atoms. The fourth-order valence-corrected chi connectivity index (χ4v) is 1.94. The standard InChI is InChI=1S/C11H12Cl3N3O/c12-11(13,14)10(18)16-8-3-4-9(15-7-8)17-5-1-2-6-17/h3-4,7H,1-2,5-6H2,(H,16,18). The van der Waals surface area contributed by atoms with Crippen molar-refractivity contribution in [1.29, 1.82) is 0 Å². The molecule has 1 aliphatic heterocycles. The van der Waals surface area contributed by atoms with E-state index in [4.69, 9.17) is 34.8 Å². The molecular weight excluding hydrogens is 296 g/mol. The van der Waals surface area contributed by atoms with Gasteiger partial charge in [-0.05, 0) is 25.0 Å². The average Bonchev–Trinajstić information content (AvgIpc) is 2.82. The Bertz CT molecular complexity index is 424. The van der Waals surface area contributed by atoms with Gasteiger partial charge in [0.25, 0.3) is 9.70 Å². The van der Waals surface area contributed by atoms with Gasteiger partial charge in [0.1, 0.15) is 5.82 Å². The maximum atomic E-state index is 11.4. The number of aromatic nitrogens is 1. The SMILES string of the molecule is O=C(Nc1ccc(N2CCCC2)nc1)C(Cl)(Cl)Cl. The van der Waals surface area contributed by atoms with E-state index < -0.39 is 9.70 Å². The van der Waals surface area contributed by atoms with Crippen LogP contribution in [0.4, 0.5) is 11.5 Å². The molecule has 2 heterocycles. The number of rotatable bonds is 2. The van der Waals surface area contributed by atoms with Crippen LogP contribution < -0.4 is 10.2 Å². The summed E-state index contributed by atoms with van der Waals surface area (Å²) in [5.41, 5.74) is 0.509. The molecule has 0 atom stereocenters. The molecule has 98 valence electrons. The minimum Gasteiger partial charge on any atom is -0.357 e. The number of alkyl halides is 3. The van der Waals surface area contributed by atoms with Crippen molar-refractivity contribution in [3.8, 4) is 0 Å². The van der Waals surface area contributed by atoms with E-state index in [1.54, 1.807) is 12.3 Å². The molecule has 1 amide bonds. The number of nitrogens with one attached hydrogen (secondary N) is 1. The molecule has 1 aliphatic rings. The summed E-state index contributed by atoms with van der Waals surface area (Å²) in [4.78, 5) is 17.9. The highest BCUT2D eigenvalue weighted by molar-refractivity contribution is 6.76. The van der Waals surface area contributed by atoms with Crippen LogP contribution in [0, 0.1) is 0 Å². The van der Waals surface area contributed by atoms with Crippen molar-refractivity contribution in [1.82, 2.24) is 4.98 Å². The smallest absolute Gasteiger partial charge is 0.276 e. The van der Waals surface area contributed by atoms with Crippen molar-refractivity contribution in [2.24, 2.45) is 0 Å². The quantitative estimate of drug-likeness (QED) is 0.854. The van der Waals surface area contributed by atoms with E-state index in [0.717, 1.165) is 18.9 Å². The minimum atomic E-state index is -1.96. The predicted octanol–water partition coefficient (Wildman–Crippen LogP) is 2.99. The van der Waals surface area contributed by atoms with Gasteiger partial charge in [0, 0.05) is 13.1 Å². The Kier molecular flexibility index (Phi) is 4.20. The maximum Gasteiger partial charge on any atom is 0.276 e. The number of pyridine rings is 1. The highest BCUT2D eigenvalue weighted by Crippen LogP contribution is 2.28. The van der Waals surface area contributed by atoms with Gasteiger partial charge in [-0.1, -0.05) is 34.8 Å². The minimum absolute atomic E-state index is 0.509. The van der Waals surface area contributed by atoms with Gasteiger partial charge >= 0.3 is 0 Å². The second-order valence-corrected chi connectivity index (χ2v) is 6.33. The number of carbonyl (C=O) groups excluding carboxylic acids is 1. The number of hydrogen-bond acceptors (Lipinski definition) is 3. The Morgan fingerprint density at radius 2 is 1.94 bits per heavy atom. The van der Waals surface area contributed by atoms with E-state index in [0.29, 0.717) is 5.69 Å². The molecule has 0 saturated carbocycles. The lowest BCUT2D eigenvalue weighted by atomic mass is 10.4. The van der Waals surface area contributed by atoms with Gasteiger partial charge in [-0.3, -0.25) is 4.79 Å². The van der Waals surface area contributed by atoms with E-state index in [2.05, 4.69) is 15.2 Å². The summed E-state index contributed by atoms with van der Waals surface area (Å²) in [7, 11) is 0. The summed E-state index contributed by atoms with van der Waals surface area (Å²) >= 11 is 16.4. The van der Waals surface area contributed by atoms with Crippen LogP contribution >= 0.6 is 34.8 Å². The zero-order valence-corrected chi connectivity index (χ0v) is 11.8. The van der Waals surface area contributed by atoms with Gasteiger partial charge in [-0.15, -0.1) is 0 Å². The highest BCUT2D eigenvalue weighted by atomic mass is 35.6. The van der Waals surface area contributed by atoms with Gasteiger partial charge in [-0.2, -0.15) is 0 Å². The van der Waals surface area contributed by atoms with Gasteiger partial charge in [0.05, 0.1) is 11.9 Å². The van der Waals surface area contributed by atoms with Crippen LogP contribution in [0.3, 0.4) is 0 Å². The van der Waals surface area contributed by atoms with Crippen molar-refractivity contribution >= 4 is 52.2 Å². The highest BCUT2D eigenvalue weighted by Gasteiger charge is 2.30. The first-order chi connectivity index (χ1) is 8.47. The number of halogens is 3. The van der Waals surface area contributed by atoms with E-state index in [-0.39, 0.29) is 0 Å². The monoisotopic (exact) mass is 307 g/mol. The Hall–Kier alpha value is -0.710. The lowest BCUT2D eigenvalue weighted by Gasteiger charge is -2.17. The van der Waals surface area contributed by atoms with E-state index in [1.165, 1.54) is 12.8 Å². The molecule has 0 aromatic carbocycles. The van der Waals surface area contributed by atoms with E-state index >= 15 is 0 Å². The summed E-state index contributed by atoms with van der Waals surface area (Å²) < 4.78 is -1.96. The summed E-state index contributed by atoms with van der Waals surface area (Å²) in [6, 6.07) is 3.59. The van der Waals surface area contributed by atoms with E-state index in [1.807, 2.05) is 6.07 Å². The van der Waals surface area contributed by atoms with Crippen LogP contribution in [-0.4, -0.2) is 27.8 Å². The molecule has 1 aromatic heterocycles. The van der Waals surface area contributed by atoms with Gasteiger partial charge < -0.3 is 10.2 Å². The summed E-state index contributed by atoms with van der Waals surface area (Å²) in [6.07, 6.45) is 3.93. The van der Waals surface area contributed by atoms with Crippen LogP contribution in [0.1, 0.15) is 12.8 Å². The maximum absolute atomic E-state index is 11.4. The van der Waals surface area contributed by atoms with Crippen molar-refractivity contribution < 1.29 is 4.79 Å². The first-order valence-corrected chi connectivity index (χ1v) is 6.69. The first-order valence-electron chi connectivity index (χ1n) is 5.56. The Labute approximate surface area is 120 Å². The Balaban J connectivity index is 2.01. The number of anilines is 2. The van der Waals surface area contributed by atoms with Gasteiger partial charge in [0.15, 0.2) is 0 Å². The zero-order valence-electron chi connectivity index (χ0n) is 9.50. The molecule has 1 aromatic rings. The summed E-state index contributed by atoms with van der Waals surface area (Å²) in [6.45, 7) is 2.04. The molecule has 1 saturated heterocycles. The fraction of sp³-hybridized carbons (Fsp3) is 0.455. The van der Waals surface area contributed by atoms with E-state index in [9.17, 15) is 4.79 Å². The Morgan fingerprint density at radius 3 is 2.44 bits per heavy atom. The lowest BCUT2D eigenvalue weighted by molar-refractivity contribution is -0.115. The topological polar surface area (TPSA) is 45.2 Å². The third-order valence-electron chi connectivity index (χ3n) is 2.69. The molecule has 2 rings (SSSR count). The van der Waals surface area contributed by atoms with Crippen LogP contribution in [0.15, 0.2) is 18.3 Å². The van der Waals surface area contributed by atoms with Crippen LogP contribution in [0.5, 0.6) is 0 Å².